The van der Waals surface area contributed by atoms with E-state index in [9.17, 15) is 9.59 Å². The van der Waals surface area contributed by atoms with E-state index in [0.717, 1.165) is 25.0 Å². The Morgan fingerprint density at radius 2 is 2.18 bits per heavy atom. The number of pyridine rings is 1. The molecular formula is C16H20N2O4. The number of ether oxygens (including phenoxy) is 2. The molecule has 0 aromatic carbocycles. The number of carbonyl (C=O) groups is 1. The molecular weight excluding hydrogens is 284 g/mol. The number of nitrogens with zero attached hydrogens (tertiary/aromatic N) is 2. The lowest BCUT2D eigenvalue weighted by molar-refractivity contribution is 0.000701. The maximum atomic E-state index is 13.0. The van der Waals surface area contributed by atoms with Crippen molar-refractivity contribution in [2.75, 3.05) is 20.3 Å². The highest BCUT2D eigenvalue weighted by Crippen LogP contribution is 2.41. The zero-order valence-corrected chi connectivity index (χ0v) is 12.9. The van der Waals surface area contributed by atoms with Crippen LogP contribution in [0.3, 0.4) is 0 Å². The van der Waals surface area contributed by atoms with E-state index in [0.29, 0.717) is 18.8 Å². The standard InChI is InChI=1S/C16H20N2O4/c1-9-13-11-5-4-10-8-12(19)15(21-2)14(18(10)11)16(20)17(13)6-3-7-22-9/h8-9,11,13H,3-7H2,1-2H3/t9-,11?,13?/m1/s1. The molecule has 1 aromatic rings. The Balaban J connectivity index is 1.96. The Morgan fingerprint density at radius 1 is 1.36 bits per heavy atom. The van der Waals surface area contributed by atoms with Crippen molar-refractivity contribution in [1.82, 2.24) is 9.47 Å². The second-order valence-electron chi connectivity index (χ2n) is 6.28. The van der Waals surface area contributed by atoms with Crippen LogP contribution in [-0.2, 0) is 11.2 Å². The van der Waals surface area contributed by atoms with Crippen LogP contribution in [-0.4, -0.2) is 47.8 Å². The maximum Gasteiger partial charge on any atom is 0.274 e. The maximum absolute atomic E-state index is 13.0. The molecule has 0 saturated carbocycles. The molecule has 2 unspecified atom stereocenters. The minimum atomic E-state index is -0.199. The third kappa shape index (κ3) is 1.70. The van der Waals surface area contributed by atoms with Gasteiger partial charge in [-0.25, -0.2) is 0 Å². The van der Waals surface area contributed by atoms with Gasteiger partial charge in [-0.3, -0.25) is 9.59 Å². The molecule has 1 amide bonds. The van der Waals surface area contributed by atoms with Gasteiger partial charge in [0.2, 0.25) is 5.43 Å². The first kappa shape index (κ1) is 13.8. The molecule has 118 valence electrons. The van der Waals surface area contributed by atoms with E-state index in [2.05, 4.69) is 0 Å². The topological polar surface area (TPSA) is 60.8 Å². The Labute approximate surface area is 128 Å². The fourth-order valence-electron chi connectivity index (χ4n) is 4.27. The number of fused-ring (bicyclic) bond motifs is 2. The van der Waals surface area contributed by atoms with Crippen molar-refractivity contribution in [3.63, 3.8) is 0 Å². The van der Waals surface area contributed by atoms with Crippen LogP contribution >= 0.6 is 0 Å². The molecule has 4 rings (SSSR count). The summed E-state index contributed by atoms with van der Waals surface area (Å²) in [5, 5.41) is 0. The number of aromatic nitrogens is 1. The van der Waals surface area contributed by atoms with Crippen LogP contribution in [0.2, 0.25) is 0 Å². The summed E-state index contributed by atoms with van der Waals surface area (Å²) in [6, 6.07) is 1.83. The number of hydrogen-bond acceptors (Lipinski definition) is 4. The quantitative estimate of drug-likeness (QED) is 0.776. The van der Waals surface area contributed by atoms with E-state index in [-0.39, 0.29) is 35.3 Å². The molecule has 0 N–H and O–H groups in total. The zero-order chi connectivity index (χ0) is 15.4. The largest absolute Gasteiger partial charge is 0.491 e. The van der Waals surface area contributed by atoms with Crippen LogP contribution in [0.15, 0.2) is 10.9 Å². The molecule has 1 saturated heterocycles. The lowest BCUT2D eigenvalue weighted by Crippen LogP contribution is -2.54. The van der Waals surface area contributed by atoms with Gasteiger partial charge in [-0.05, 0) is 26.2 Å². The highest BCUT2D eigenvalue weighted by molar-refractivity contribution is 5.96. The van der Waals surface area contributed by atoms with Gasteiger partial charge in [0.1, 0.15) is 0 Å². The Morgan fingerprint density at radius 3 is 2.95 bits per heavy atom. The van der Waals surface area contributed by atoms with E-state index in [4.69, 9.17) is 9.47 Å². The average molecular weight is 304 g/mol. The van der Waals surface area contributed by atoms with Gasteiger partial charge in [0.15, 0.2) is 11.4 Å². The summed E-state index contributed by atoms with van der Waals surface area (Å²) in [5.74, 6) is 0.0771. The van der Waals surface area contributed by atoms with Crippen LogP contribution < -0.4 is 10.2 Å². The molecule has 6 nitrogen and oxygen atoms in total. The summed E-state index contributed by atoms with van der Waals surface area (Å²) in [6.45, 7) is 3.39. The van der Waals surface area contributed by atoms with E-state index in [1.165, 1.54) is 7.11 Å². The molecule has 3 aliphatic heterocycles. The minimum Gasteiger partial charge on any atom is -0.491 e. The highest BCUT2D eigenvalue weighted by atomic mass is 16.5. The summed E-state index contributed by atoms with van der Waals surface area (Å²) < 4.78 is 13.2. The van der Waals surface area contributed by atoms with E-state index in [1.54, 1.807) is 6.07 Å². The Kier molecular flexibility index (Phi) is 3.04. The SMILES string of the molecule is COc1c2n3c(cc1=O)CCC3C1[C@@H](C)OCCCN1C2=O. The lowest BCUT2D eigenvalue weighted by Gasteiger charge is -2.43. The summed E-state index contributed by atoms with van der Waals surface area (Å²) in [6.07, 6.45) is 2.58. The highest BCUT2D eigenvalue weighted by Gasteiger charge is 2.47. The predicted octanol–water partition coefficient (Wildman–Crippen LogP) is 0.977. The fourth-order valence-corrected chi connectivity index (χ4v) is 4.27. The first-order chi connectivity index (χ1) is 10.6. The van der Waals surface area contributed by atoms with Crippen molar-refractivity contribution in [1.29, 1.82) is 0 Å². The second-order valence-corrected chi connectivity index (χ2v) is 6.28. The molecule has 4 heterocycles. The van der Waals surface area contributed by atoms with Crippen molar-refractivity contribution >= 4 is 5.91 Å². The number of rotatable bonds is 1. The number of hydrogen-bond donors (Lipinski definition) is 0. The third-order valence-corrected chi connectivity index (χ3v) is 5.14. The smallest absolute Gasteiger partial charge is 0.274 e. The number of carbonyl (C=O) groups excluding carboxylic acids is 1. The fraction of sp³-hybridized carbons (Fsp3) is 0.625. The minimum absolute atomic E-state index is 0.000901. The Hall–Kier alpha value is -1.82. The molecule has 3 aliphatic rings. The summed E-state index contributed by atoms with van der Waals surface area (Å²) in [5.41, 5.74) is 1.17. The Bertz CT molecular complexity index is 696. The van der Waals surface area contributed by atoms with E-state index >= 15 is 0 Å². The van der Waals surface area contributed by atoms with Crippen molar-refractivity contribution in [3.8, 4) is 5.75 Å². The predicted molar refractivity (Wildman–Crippen MR) is 79.5 cm³/mol. The van der Waals surface area contributed by atoms with Crippen molar-refractivity contribution in [2.24, 2.45) is 0 Å². The molecule has 0 spiro atoms. The van der Waals surface area contributed by atoms with Crippen LogP contribution in [0.4, 0.5) is 0 Å². The zero-order valence-electron chi connectivity index (χ0n) is 12.9. The number of methoxy groups -OCH3 is 1. The molecule has 22 heavy (non-hydrogen) atoms. The van der Waals surface area contributed by atoms with Gasteiger partial charge in [-0.1, -0.05) is 0 Å². The van der Waals surface area contributed by atoms with Crippen LogP contribution in [0.5, 0.6) is 5.75 Å². The number of aryl methyl sites for hydroxylation is 1. The summed E-state index contributed by atoms with van der Waals surface area (Å²) in [4.78, 5) is 27.2. The van der Waals surface area contributed by atoms with Gasteiger partial charge >= 0.3 is 0 Å². The van der Waals surface area contributed by atoms with Gasteiger partial charge < -0.3 is 18.9 Å². The van der Waals surface area contributed by atoms with Crippen LogP contribution in [0, 0.1) is 0 Å². The molecule has 0 radical (unpaired) electrons. The van der Waals surface area contributed by atoms with Crippen LogP contribution in [0.1, 0.15) is 42.0 Å². The van der Waals surface area contributed by atoms with Gasteiger partial charge in [0.25, 0.3) is 5.91 Å². The van der Waals surface area contributed by atoms with Gasteiger partial charge in [0, 0.05) is 24.9 Å². The van der Waals surface area contributed by atoms with Crippen molar-refractivity contribution in [3.05, 3.63) is 27.7 Å². The monoisotopic (exact) mass is 304 g/mol. The molecule has 0 bridgehead atoms. The van der Waals surface area contributed by atoms with Gasteiger partial charge in [0.05, 0.1) is 25.3 Å². The summed E-state index contributed by atoms with van der Waals surface area (Å²) >= 11 is 0. The normalized spacial score (nSPS) is 29.8. The summed E-state index contributed by atoms with van der Waals surface area (Å²) in [7, 11) is 1.46. The van der Waals surface area contributed by atoms with Crippen molar-refractivity contribution < 1.29 is 14.3 Å². The second kappa shape index (κ2) is 4.84. The van der Waals surface area contributed by atoms with Gasteiger partial charge in [-0.15, -0.1) is 0 Å². The van der Waals surface area contributed by atoms with Gasteiger partial charge in [-0.2, -0.15) is 0 Å². The first-order valence-electron chi connectivity index (χ1n) is 7.88. The average Bonchev–Trinajstić information content (AvgIpc) is 2.80. The lowest BCUT2D eigenvalue weighted by atomic mass is 9.96. The molecule has 1 fully saturated rings. The molecule has 1 aromatic heterocycles. The van der Waals surface area contributed by atoms with Crippen LogP contribution in [0.25, 0.3) is 0 Å². The molecule has 6 heteroatoms. The number of amides is 1. The molecule has 3 atom stereocenters. The van der Waals surface area contributed by atoms with E-state index in [1.807, 2.05) is 16.4 Å². The van der Waals surface area contributed by atoms with E-state index < -0.39 is 0 Å². The molecule has 0 aliphatic carbocycles. The van der Waals surface area contributed by atoms with Crippen molar-refractivity contribution in [2.45, 2.75) is 44.4 Å². The first-order valence-corrected chi connectivity index (χ1v) is 7.88. The third-order valence-electron chi connectivity index (χ3n) is 5.14.